The zero-order valence-corrected chi connectivity index (χ0v) is 18.6. The van der Waals surface area contributed by atoms with Gasteiger partial charge in [-0.1, -0.05) is 31.9 Å². The molecule has 0 aliphatic carbocycles. The van der Waals surface area contributed by atoms with Gasteiger partial charge in [0.05, 0.1) is 18.1 Å². The van der Waals surface area contributed by atoms with Gasteiger partial charge < -0.3 is 9.47 Å². The van der Waals surface area contributed by atoms with Crippen LogP contribution in [0.4, 0.5) is 0 Å². The van der Waals surface area contributed by atoms with E-state index in [2.05, 4.69) is 31.9 Å². The molecule has 2 rings (SSSR count). The first-order chi connectivity index (χ1) is 12.7. The first-order valence-electron chi connectivity index (χ1n) is 7.99. The Morgan fingerprint density at radius 3 is 2.33 bits per heavy atom. The van der Waals surface area contributed by atoms with Crippen molar-refractivity contribution in [2.45, 2.75) is 31.5 Å². The van der Waals surface area contributed by atoms with Crippen molar-refractivity contribution in [3.05, 3.63) is 57.0 Å². The Morgan fingerprint density at radius 2 is 1.70 bits per heavy atom. The molecule has 0 fully saturated rings. The van der Waals surface area contributed by atoms with Crippen molar-refractivity contribution in [1.82, 2.24) is 0 Å². The van der Waals surface area contributed by atoms with E-state index in [1.807, 2.05) is 0 Å². The summed E-state index contributed by atoms with van der Waals surface area (Å²) in [5.41, 5.74) is 0.473. The van der Waals surface area contributed by atoms with Gasteiger partial charge in [-0.25, -0.2) is 4.79 Å². The van der Waals surface area contributed by atoms with Gasteiger partial charge in [-0.3, -0.25) is 4.18 Å². The Balaban J connectivity index is 2.17. The standard InChI is InChI=1S/C18H18Br2O6S/c1-3-24-18(21)12(2)26-17-9-6-15(20)10-13(17)11-25-27(22,23)16-7-4-14(19)5-8-16/h4-10,12H,3,11H2,1-2H3. The quantitative estimate of drug-likeness (QED) is 0.377. The van der Waals surface area contributed by atoms with Crippen LogP contribution in [0.5, 0.6) is 5.75 Å². The lowest BCUT2D eigenvalue weighted by Gasteiger charge is -2.16. The lowest BCUT2D eigenvalue weighted by molar-refractivity contribution is -0.150. The van der Waals surface area contributed by atoms with Gasteiger partial charge in [-0.2, -0.15) is 8.42 Å². The van der Waals surface area contributed by atoms with Crippen LogP contribution >= 0.6 is 31.9 Å². The highest BCUT2D eigenvalue weighted by Crippen LogP contribution is 2.27. The van der Waals surface area contributed by atoms with E-state index in [-0.39, 0.29) is 18.1 Å². The molecule has 0 aliphatic heterocycles. The Morgan fingerprint density at radius 1 is 1.07 bits per heavy atom. The molecule has 9 heteroatoms. The number of carbonyl (C=O) groups excluding carboxylic acids is 1. The van der Waals surface area contributed by atoms with Crippen molar-refractivity contribution in [3.63, 3.8) is 0 Å². The summed E-state index contributed by atoms with van der Waals surface area (Å²) in [6.45, 7) is 3.26. The number of halogens is 2. The van der Waals surface area contributed by atoms with Crippen LogP contribution in [-0.4, -0.2) is 27.1 Å². The molecule has 1 unspecified atom stereocenters. The van der Waals surface area contributed by atoms with E-state index < -0.39 is 22.2 Å². The number of hydrogen-bond donors (Lipinski definition) is 0. The number of esters is 1. The molecule has 0 bridgehead atoms. The normalized spacial score (nSPS) is 12.4. The fourth-order valence-corrected chi connectivity index (χ4v) is 3.64. The molecule has 0 saturated carbocycles. The Bertz CT molecular complexity index is 897. The molecule has 0 amide bonds. The molecule has 146 valence electrons. The summed E-state index contributed by atoms with van der Waals surface area (Å²) in [7, 11) is -3.94. The van der Waals surface area contributed by atoms with E-state index in [0.717, 1.165) is 8.95 Å². The summed E-state index contributed by atoms with van der Waals surface area (Å²) >= 11 is 6.59. The van der Waals surface area contributed by atoms with E-state index in [1.165, 1.54) is 12.1 Å². The second-order valence-corrected chi connectivity index (χ2v) is 8.88. The predicted octanol–water partition coefficient (Wildman–Crippen LogP) is 4.45. The first kappa shape index (κ1) is 21.9. The molecular formula is C18H18Br2O6S. The predicted molar refractivity (Wildman–Crippen MR) is 107 cm³/mol. The maximum Gasteiger partial charge on any atom is 0.347 e. The molecule has 2 aromatic rings. The SMILES string of the molecule is CCOC(=O)C(C)Oc1ccc(Br)cc1COS(=O)(=O)c1ccc(Br)cc1. The van der Waals surface area contributed by atoms with Crippen LogP contribution in [0.25, 0.3) is 0 Å². The van der Waals surface area contributed by atoms with E-state index in [1.54, 1.807) is 44.2 Å². The van der Waals surface area contributed by atoms with Crippen molar-refractivity contribution in [1.29, 1.82) is 0 Å². The summed E-state index contributed by atoms with van der Waals surface area (Å²) in [6, 6.07) is 11.1. The van der Waals surface area contributed by atoms with Gasteiger partial charge in [-0.05, 0) is 56.3 Å². The first-order valence-corrected chi connectivity index (χ1v) is 11.0. The Hall–Kier alpha value is -1.42. The van der Waals surface area contributed by atoms with E-state index in [9.17, 15) is 13.2 Å². The minimum absolute atomic E-state index is 0.0445. The molecule has 0 aromatic heterocycles. The highest BCUT2D eigenvalue weighted by molar-refractivity contribution is 9.10. The van der Waals surface area contributed by atoms with Gasteiger partial charge >= 0.3 is 5.97 Å². The van der Waals surface area contributed by atoms with Crippen LogP contribution < -0.4 is 4.74 Å². The zero-order valence-electron chi connectivity index (χ0n) is 14.6. The summed E-state index contributed by atoms with van der Waals surface area (Å²) in [5, 5.41) is 0. The molecule has 0 aliphatic rings. The number of benzene rings is 2. The highest BCUT2D eigenvalue weighted by atomic mass is 79.9. The smallest absolute Gasteiger partial charge is 0.347 e. The lowest BCUT2D eigenvalue weighted by Crippen LogP contribution is -2.26. The maximum atomic E-state index is 12.4. The third-order valence-corrected chi connectivity index (χ3v) is 5.72. The molecule has 0 radical (unpaired) electrons. The van der Waals surface area contributed by atoms with Crippen LogP contribution in [0.1, 0.15) is 19.4 Å². The molecule has 0 spiro atoms. The largest absolute Gasteiger partial charge is 0.479 e. The number of carbonyl (C=O) groups is 1. The van der Waals surface area contributed by atoms with E-state index in [0.29, 0.717) is 11.3 Å². The average molecular weight is 522 g/mol. The van der Waals surface area contributed by atoms with Gasteiger partial charge in [0, 0.05) is 14.5 Å². The van der Waals surface area contributed by atoms with Gasteiger partial charge in [0.2, 0.25) is 0 Å². The molecule has 1 atom stereocenters. The van der Waals surface area contributed by atoms with Crippen LogP contribution in [0.3, 0.4) is 0 Å². The summed E-state index contributed by atoms with van der Waals surface area (Å²) < 4.78 is 41.9. The minimum atomic E-state index is -3.94. The van der Waals surface area contributed by atoms with Gasteiger partial charge in [0.15, 0.2) is 6.10 Å². The Kier molecular flexibility index (Phi) is 7.84. The minimum Gasteiger partial charge on any atom is -0.479 e. The van der Waals surface area contributed by atoms with Crippen molar-refractivity contribution in [3.8, 4) is 5.75 Å². The van der Waals surface area contributed by atoms with Crippen LogP contribution in [-0.2, 0) is 30.4 Å². The van der Waals surface area contributed by atoms with Crippen molar-refractivity contribution in [2.75, 3.05) is 6.61 Å². The van der Waals surface area contributed by atoms with Crippen LogP contribution in [0, 0.1) is 0 Å². The molecular weight excluding hydrogens is 504 g/mol. The maximum absolute atomic E-state index is 12.4. The molecule has 2 aromatic carbocycles. The van der Waals surface area contributed by atoms with Gasteiger partial charge in [0.25, 0.3) is 10.1 Å². The third-order valence-electron chi connectivity index (χ3n) is 3.42. The lowest BCUT2D eigenvalue weighted by atomic mass is 10.2. The molecule has 0 saturated heterocycles. The molecule has 6 nitrogen and oxygen atoms in total. The number of ether oxygens (including phenoxy) is 2. The second-order valence-electron chi connectivity index (χ2n) is 5.43. The van der Waals surface area contributed by atoms with Crippen molar-refractivity contribution in [2.24, 2.45) is 0 Å². The van der Waals surface area contributed by atoms with E-state index >= 15 is 0 Å². The van der Waals surface area contributed by atoms with Gasteiger partial charge in [-0.15, -0.1) is 0 Å². The molecule has 0 heterocycles. The Labute approximate surface area is 175 Å². The summed E-state index contributed by atoms with van der Waals surface area (Å²) in [6.07, 6.45) is -0.840. The van der Waals surface area contributed by atoms with Crippen LogP contribution in [0.2, 0.25) is 0 Å². The zero-order chi connectivity index (χ0) is 20.0. The average Bonchev–Trinajstić information content (AvgIpc) is 2.62. The van der Waals surface area contributed by atoms with Crippen molar-refractivity contribution >= 4 is 47.9 Å². The molecule has 27 heavy (non-hydrogen) atoms. The monoisotopic (exact) mass is 520 g/mol. The number of hydrogen-bond acceptors (Lipinski definition) is 6. The fraction of sp³-hybridized carbons (Fsp3) is 0.278. The summed E-state index contributed by atoms with van der Waals surface area (Å²) in [5.74, 6) is -0.167. The second kappa shape index (κ2) is 9.68. The highest BCUT2D eigenvalue weighted by Gasteiger charge is 2.20. The van der Waals surface area contributed by atoms with Crippen LogP contribution in [0.15, 0.2) is 56.3 Å². The molecule has 0 N–H and O–H groups in total. The van der Waals surface area contributed by atoms with Gasteiger partial charge in [0.1, 0.15) is 5.75 Å². The topological polar surface area (TPSA) is 78.9 Å². The van der Waals surface area contributed by atoms with Crippen molar-refractivity contribution < 1.29 is 26.9 Å². The number of rotatable bonds is 8. The third kappa shape index (κ3) is 6.31. The fourth-order valence-electron chi connectivity index (χ4n) is 2.08. The summed E-state index contributed by atoms with van der Waals surface area (Å²) in [4.78, 5) is 11.8. The van der Waals surface area contributed by atoms with E-state index in [4.69, 9.17) is 13.7 Å².